The Morgan fingerprint density at radius 1 is 1.09 bits per heavy atom. The zero-order valence-electron chi connectivity index (χ0n) is 13.3. The van der Waals surface area contributed by atoms with Gasteiger partial charge in [-0.2, -0.15) is 5.09 Å². The Hall–Kier alpha value is -1.97. The number of methoxy groups -OCH3 is 2. The van der Waals surface area contributed by atoms with E-state index in [1.165, 1.54) is 21.1 Å². The van der Waals surface area contributed by atoms with E-state index >= 15 is 0 Å². The molecule has 0 aliphatic rings. The van der Waals surface area contributed by atoms with Crippen LogP contribution >= 0.6 is 7.75 Å². The normalized spacial score (nSPS) is 14.7. The molecule has 12 heteroatoms. The van der Waals surface area contributed by atoms with Gasteiger partial charge in [-0.15, -0.1) is 15.0 Å². The average molecular weight is 350 g/mol. The minimum absolute atomic E-state index is 0.167. The number of carbonyl (C=O) groups excluding carboxylic acids is 1. The van der Waals surface area contributed by atoms with Gasteiger partial charge < -0.3 is 23.6 Å². The van der Waals surface area contributed by atoms with Crippen LogP contribution in [0.15, 0.2) is 0 Å². The van der Waals surface area contributed by atoms with Gasteiger partial charge in [0.05, 0.1) is 20.3 Å². The number of aromatic nitrogens is 3. The molecule has 11 nitrogen and oxygen atoms in total. The third-order valence-corrected chi connectivity index (χ3v) is 3.33. The van der Waals surface area contributed by atoms with Crippen molar-refractivity contribution >= 4 is 13.7 Å². The number of ether oxygens (including phenoxy) is 3. The van der Waals surface area contributed by atoms with Crippen molar-refractivity contribution in [3.05, 3.63) is 0 Å². The molecule has 23 heavy (non-hydrogen) atoms. The highest BCUT2D eigenvalue weighted by Crippen LogP contribution is 2.38. The van der Waals surface area contributed by atoms with Crippen molar-refractivity contribution in [2.24, 2.45) is 0 Å². The van der Waals surface area contributed by atoms with E-state index in [4.69, 9.17) is 18.7 Å². The van der Waals surface area contributed by atoms with Crippen molar-refractivity contribution in [3.8, 4) is 18.0 Å². The third kappa shape index (κ3) is 6.35. The Morgan fingerprint density at radius 3 is 2.00 bits per heavy atom. The minimum atomic E-state index is -4.44. The smallest absolute Gasteiger partial charge is 0.459 e. The first kappa shape index (κ1) is 19.1. The maximum Gasteiger partial charge on any atom is 0.459 e. The minimum Gasteiger partial charge on any atom is -0.467 e. The van der Waals surface area contributed by atoms with Crippen LogP contribution in [-0.4, -0.2) is 52.2 Å². The largest absolute Gasteiger partial charge is 0.467 e. The van der Waals surface area contributed by atoms with E-state index in [2.05, 4.69) is 20.0 Å². The summed E-state index contributed by atoms with van der Waals surface area (Å²) >= 11 is 0. The Balaban J connectivity index is 2.82. The van der Waals surface area contributed by atoms with E-state index < -0.39 is 25.8 Å². The first-order valence-corrected chi connectivity index (χ1v) is 8.09. The summed E-state index contributed by atoms with van der Waals surface area (Å²) in [6.45, 7) is 4.66. The average Bonchev–Trinajstić information content (AvgIpc) is 2.44. The third-order valence-electron chi connectivity index (χ3n) is 2.21. The van der Waals surface area contributed by atoms with Crippen LogP contribution in [0.25, 0.3) is 0 Å². The van der Waals surface area contributed by atoms with Gasteiger partial charge in [-0.05, 0) is 20.8 Å². The van der Waals surface area contributed by atoms with Crippen molar-refractivity contribution in [1.82, 2.24) is 20.0 Å². The molecule has 0 saturated carbocycles. The van der Waals surface area contributed by atoms with Crippen LogP contribution in [-0.2, 0) is 14.1 Å². The van der Waals surface area contributed by atoms with Crippen LogP contribution in [0.3, 0.4) is 0 Å². The molecule has 0 saturated heterocycles. The molecule has 0 aromatic carbocycles. The van der Waals surface area contributed by atoms with Gasteiger partial charge in [0.25, 0.3) is 0 Å². The number of nitrogens with one attached hydrogen (secondary N) is 1. The van der Waals surface area contributed by atoms with Crippen LogP contribution in [0.5, 0.6) is 18.0 Å². The van der Waals surface area contributed by atoms with Crippen molar-refractivity contribution < 1.29 is 33.0 Å². The number of rotatable bonds is 8. The monoisotopic (exact) mass is 350 g/mol. The van der Waals surface area contributed by atoms with Crippen molar-refractivity contribution in [1.29, 1.82) is 0 Å². The Morgan fingerprint density at radius 2 is 1.57 bits per heavy atom. The Kier molecular flexibility index (Phi) is 6.67. The molecule has 1 heterocycles. The molecule has 0 spiro atoms. The van der Waals surface area contributed by atoms with E-state index in [0.29, 0.717) is 0 Å². The highest BCUT2D eigenvalue weighted by Gasteiger charge is 2.30. The summed E-state index contributed by atoms with van der Waals surface area (Å²) in [6.07, 6.45) is -0.359. The van der Waals surface area contributed by atoms with Crippen LogP contribution in [0.1, 0.15) is 20.8 Å². The number of hydrogen-bond acceptors (Lipinski definition) is 9. The zero-order chi connectivity index (χ0) is 17.6. The summed E-state index contributed by atoms with van der Waals surface area (Å²) in [6, 6.07) is -1.92. The molecule has 0 aliphatic heterocycles. The van der Waals surface area contributed by atoms with E-state index in [1.807, 2.05) is 0 Å². The summed E-state index contributed by atoms with van der Waals surface area (Å²) in [7, 11) is -1.86. The molecule has 0 radical (unpaired) electrons. The first-order chi connectivity index (χ1) is 10.7. The summed E-state index contributed by atoms with van der Waals surface area (Å²) in [5, 5.41) is 2.12. The highest BCUT2D eigenvalue weighted by atomic mass is 31.2. The van der Waals surface area contributed by atoms with Crippen molar-refractivity contribution in [3.63, 3.8) is 0 Å². The number of hydrogen-bond donors (Lipinski definition) is 2. The second-order valence-electron chi connectivity index (χ2n) is 4.54. The van der Waals surface area contributed by atoms with Gasteiger partial charge in [0.1, 0.15) is 6.04 Å². The van der Waals surface area contributed by atoms with E-state index in [9.17, 15) is 14.3 Å². The Bertz CT molecular complexity index is 575. The molecule has 0 fully saturated rings. The van der Waals surface area contributed by atoms with E-state index in [0.717, 1.165) is 0 Å². The molecular formula is C11H19N4O7P. The van der Waals surface area contributed by atoms with Gasteiger partial charge >= 0.3 is 31.7 Å². The molecule has 2 N–H and O–H groups in total. The molecule has 0 aliphatic carbocycles. The molecular weight excluding hydrogens is 331 g/mol. The summed E-state index contributed by atoms with van der Waals surface area (Å²) in [4.78, 5) is 32.4. The number of carbonyl (C=O) groups is 1. The van der Waals surface area contributed by atoms with Gasteiger partial charge in [-0.25, -0.2) is 4.57 Å². The Labute approximate surface area is 132 Å². The summed E-state index contributed by atoms with van der Waals surface area (Å²) in [5.74, 6) is -0.705. The zero-order valence-corrected chi connectivity index (χ0v) is 14.2. The standard InChI is InChI=1S/C11H19N4O7P/c1-6(2)21-8(16)7(3)15-23(17,18)22-11-13-9(19-4)12-10(14-11)20-5/h6-7H,1-5H3,(H2,15,17,18)/t7-/m0/s1. The number of nitrogens with zero attached hydrogens (tertiary/aromatic N) is 3. The number of esters is 1. The lowest BCUT2D eigenvalue weighted by molar-refractivity contribution is -0.149. The molecule has 1 aromatic rings. The van der Waals surface area contributed by atoms with Crippen LogP contribution in [0, 0.1) is 0 Å². The van der Waals surface area contributed by atoms with Crippen LogP contribution < -0.4 is 19.1 Å². The van der Waals surface area contributed by atoms with Gasteiger partial charge in [0.15, 0.2) is 0 Å². The van der Waals surface area contributed by atoms with Gasteiger partial charge in [0.2, 0.25) is 0 Å². The quantitative estimate of drug-likeness (QED) is 0.493. The second-order valence-corrected chi connectivity index (χ2v) is 6.02. The predicted molar refractivity (Wildman–Crippen MR) is 77.2 cm³/mol. The van der Waals surface area contributed by atoms with Gasteiger partial charge in [-0.3, -0.25) is 4.79 Å². The molecule has 1 aromatic heterocycles. The fraction of sp³-hybridized carbons (Fsp3) is 0.636. The van der Waals surface area contributed by atoms with E-state index in [1.54, 1.807) is 13.8 Å². The van der Waals surface area contributed by atoms with E-state index in [-0.39, 0.29) is 18.1 Å². The highest BCUT2D eigenvalue weighted by molar-refractivity contribution is 7.51. The summed E-state index contributed by atoms with van der Waals surface area (Å²) < 4.78 is 31.3. The molecule has 1 unspecified atom stereocenters. The lowest BCUT2D eigenvalue weighted by atomic mass is 10.4. The predicted octanol–water partition coefficient (Wildman–Crippen LogP) is 0.298. The molecule has 1 rings (SSSR count). The van der Waals surface area contributed by atoms with Crippen molar-refractivity contribution in [2.45, 2.75) is 32.9 Å². The van der Waals surface area contributed by atoms with Crippen LogP contribution in [0.4, 0.5) is 0 Å². The molecule has 0 amide bonds. The molecule has 2 atom stereocenters. The lowest BCUT2D eigenvalue weighted by Crippen LogP contribution is -2.35. The lowest BCUT2D eigenvalue weighted by Gasteiger charge is -2.18. The van der Waals surface area contributed by atoms with Crippen molar-refractivity contribution in [2.75, 3.05) is 14.2 Å². The first-order valence-electron chi connectivity index (χ1n) is 6.51. The van der Waals surface area contributed by atoms with Gasteiger partial charge in [0, 0.05) is 0 Å². The van der Waals surface area contributed by atoms with Gasteiger partial charge in [-0.1, -0.05) is 0 Å². The fourth-order valence-corrected chi connectivity index (χ4v) is 2.26. The topological polar surface area (TPSA) is 142 Å². The second kappa shape index (κ2) is 8.04. The van der Waals surface area contributed by atoms with Crippen LogP contribution in [0.2, 0.25) is 0 Å². The maximum absolute atomic E-state index is 12.0. The molecule has 0 bridgehead atoms. The molecule has 130 valence electrons. The maximum atomic E-state index is 12.0. The fourth-order valence-electron chi connectivity index (χ4n) is 1.31. The summed E-state index contributed by atoms with van der Waals surface area (Å²) in [5.41, 5.74) is 0. The SMILES string of the molecule is COc1nc(OC)nc(OP(=O)(O)N[C@@H](C)C(=O)OC(C)C)n1.